The van der Waals surface area contributed by atoms with Crippen molar-refractivity contribution in [2.75, 3.05) is 0 Å². The molecule has 0 aliphatic heterocycles. The summed E-state index contributed by atoms with van der Waals surface area (Å²) in [6, 6.07) is 24.6. The molecule has 0 amide bonds. The minimum Gasteiger partial charge on any atom is -0.268 e. The summed E-state index contributed by atoms with van der Waals surface area (Å²) in [4.78, 5) is 18.2. The number of imidazole rings is 1. The molecule has 1 aromatic heterocycles. The minimum absolute atomic E-state index is 0.280. The number of nitrogens with zero attached hydrogens (tertiary/aromatic N) is 2. The van der Waals surface area contributed by atoms with E-state index in [0.29, 0.717) is 27.4 Å². The van der Waals surface area contributed by atoms with Gasteiger partial charge in [-0.1, -0.05) is 54.1 Å². The van der Waals surface area contributed by atoms with E-state index in [4.69, 9.17) is 16.6 Å². The number of fused-ring (bicyclic) bond motifs is 2. The van der Waals surface area contributed by atoms with Crippen LogP contribution in [0.25, 0.3) is 33.2 Å². The zero-order chi connectivity index (χ0) is 20.0. The van der Waals surface area contributed by atoms with Crippen LogP contribution in [-0.4, -0.2) is 15.5 Å². The van der Waals surface area contributed by atoms with Crippen molar-refractivity contribution in [3.63, 3.8) is 0 Å². The van der Waals surface area contributed by atoms with E-state index in [2.05, 4.69) is 0 Å². The van der Waals surface area contributed by atoms with Crippen LogP contribution in [0.15, 0.2) is 84.9 Å². The maximum absolute atomic E-state index is 13.4. The van der Waals surface area contributed by atoms with Gasteiger partial charge in [0.05, 0.1) is 11.0 Å². The predicted molar refractivity (Wildman–Crippen MR) is 114 cm³/mol. The molecule has 0 radical (unpaired) electrons. The molecule has 0 unspecified atom stereocenters. The lowest BCUT2D eigenvalue weighted by Gasteiger charge is -2.10. The first kappa shape index (κ1) is 17.6. The molecule has 5 rings (SSSR count). The molecule has 0 atom stereocenters. The summed E-state index contributed by atoms with van der Waals surface area (Å²) in [5.74, 6) is -0.149. The van der Waals surface area contributed by atoms with Gasteiger partial charge < -0.3 is 0 Å². The van der Waals surface area contributed by atoms with Gasteiger partial charge in [0.25, 0.3) is 5.91 Å². The molecule has 29 heavy (non-hydrogen) atoms. The first-order valence-corrected chi connectivity index (χ1v) is 9.46. The van der Waals surface area contributed by atoms with Crippen LogP contribution in [0.5, 0.6) is 0 Å². The van der Waals surface area contributed by atoms with Crippen LogP contribution >= 0.6 is 11.6 Å². The van der Waals surface area contributed by atoms with Crippen LogP contribution in [0.1, 0.15) is 10.4 Å². The highest BCUT2D eigenvalue weighted by Gasteiger charge is 2.21. The van der Waals surface area contributed by atoms with E-state index in [1.165, 1.54) is 24.3 Å². The summed E-state index contributed by atoms with van der Waals surface area (Å²) in [5.41, 5.74) is 2.48. The van der Waals surface area contributed by atoms with E-state index in [1.807, 2.05) is 42.5 Å². The monoisotopic (exact) mass is 400 g/mol. The Morgan fingerprint density at radius 3 is 2.48 bits per heavy atom. The van der Waals surface area contributed by atoms with Crippen molar-refractivity contribution in [1.29, 1.82) is 0 Å². The van der Waals surface area contributed by atoms with E-state index in [0.717, 1.165) is 16.3 Å². The molecule has 5 aromatic rings. The maximum atomic E-state index is 13.4. The van der Waals surface area contributed by atoms with Crippen LogP contribution in [0.2, 0.25) is 5.02 Å². The van der Waals surface area contributed by atoms with Crippen molar-refractivity contribution in [1.82, 2.24) is 9.55 Å². The van der Waals surface area contributed by atoms with Gasteiger partial charge in [-0.25, -0.2) is 9.37 Å². The number of rotatable bonds is 2. The highest BCUT2D eigenvalue weighted by Crippen LogP contribution is 2.32. The number of hydrogen-bond acceptors (Lipinski definition) is 2. The van der Waals surface area contributed by atoms with Crippen LogP contribution < -0.4 is 0 Å². The average Bonchev–Trinajstić information content (AvgIpc) is 3.11. The standard InChI is InChI=1S/C24H14ClFN2O/c25-17-10-13-22-21(14-17)27-23(20-7-3-5-15-4-1-2-6-19(15)20)28(22)24(29)16-8-11-18(26)12-9-16/h1-14H. The highest BCUT2D eigenvalue weighted by molar-refractivity contribution is 6.31. The van der Waals surface area contributed by atoms with Crippen molar-refractivity contribution >= 4 is 39.3 Å². The number of carbonyl (C=O) groups is 1. The second-order valence-electron chi connectivity index (χ2n) is 6.74. The van der Waals surface area contributed by atoms with Crippen LogP contribution in [0, 0.1) is 5.82 Å². The Balaban J connectivity index is 1.82. The minimum atomic E-state index is -0.391. The Kier molecular flexibility index (Phi) is 4.14. The molecule has 0 bridgehead atoms. The fourth-order valence-corrected chi connectivity index (χ4v) is 3.75. The molecular formula is C24H14ClFN2O. The largest absolute Gasteiger partial charge is 0.268 e. The van der Waals surface area contributed by atoms with E-state index in [-0.39, 0.29) is 5.91 Å². The molecule has 0 saturated carbocycles. The third-order valence-corrected chi connectivity index (χ3v) is 5.18. The third-order valence-electron chi connectivity index (χ3n) is 4.94. The first-order valence-electron chi connectivity index (χ1n) is 9.08. The second-order valence-corrected chi connectivity index (χ2v) is 7.18. The molecule has 140 valence electrons. The number of aromatic nitrogens is 2. The molecule has 1 heterocycles. The van der Waals surface area contributed by atoms with Gasteiger partial charge in [-0.15, -0.1) is 0 Å². The normalized spacial score (nSPS) is 11.2. The van der Waals surface area contributed by atoms with E-state index < -0.39 is 5.82 Å². The topological polar surface area (TPSA) is 34.9 Å². The molecule has 0 N–H and O–H groups in total. The van der Waals surface area contributed by atoms with Crippen molar-refractivity contribution in [2.45, 2.75) is 0 Å². The van der Waals surface area contributed by atoms with Gasteiger partial charge in [-0.05, 0) is 53.2 Å². The molecule has 4 aromatic carbocycles. The molecular weight excluding hydrogens is 387 g/mol. The molecule has 0 saturated heterocycles. The predicted octanol–water partition coefficient (Wildman–Crippen LogP) is 6.34. The summed E-state index contributed by atoms with van der Waals surface area (Å²) < 4.78 is 14.9. The Morgan fingerprint density at radius 1 is 0.897 bits per heavy atom. The molecule has 5 heteroatoms. The fourth-order valence-electron chi connectivity index (χ4n) is 3.58. The fraction of sp³-hybridized carbons (Fsp3) is 0. The molecule has 0 spiro atoms. The Hall–Kier alpha value is -3.50. The van der Waals surface area contributed by atoms with Crippen molar-refractivity contribution in [2.24, 2.45) is 0 Å². The van der Waals surface area contributed by atoms with Crippen LogP contribution in [-0.2, 0) is 0 Å². The molecule has 0 aliphatic rings. The lowest BCUT2D eigenvalue weighted by atomic mass is 10.0. The third kappa shape index (κ3) is 2.98. The maximum Gasteiger partial charge on any atom is 0.264 e. The quantitative estimate of drug-likeness (QED) is 0.346. The zero-order valence-corrected chi connectivity index (χ0v) is 15.9. The van der Waals surface area contributed by atoms with Gasteiger partial charge >= 0.3 is 0 Å². The van der Waals surface area contributed by atoms with Gasteiger partial charge in [0.1, 0.15) is 11.6 Å². The molecule has 0 fully saturated rings. The van der Waals surface area contributed by atoms with Gasteiger partial charge in [0.15, 0.2) is 0 Å². The van der Waals surface area contributed by atoms with Gasteiger partial charge in [0, 0.05) is 16.1 Å². The number of carbonyl (C=O) groups excluding carboxylic acids is 1. The van der Waals surface area contributed by atoms with Crippen LogP contribution in [0.3, 0.4) is 0 Å². The first-order chi connectivity index (χ1) is 14.1. The average molecular weight is 401 g/mol. The van der Waals surface area contributed by atoms with Crippen LogP contribution in [0.4, 0.5) is 4.39 Å². The molecule has 0 aliphatic carbocycles. The van der Waals surface area contributed by atoms with E-state index in [9.17, 15) is 9.18 Å². The van der Waals surface area contributed by atoms with Gasteiger partial charge in [-0.3, -0.25) is 9.36 Å². The van der Waals surface area contributed by atoms with Gasteiger partial charge in [0.2, 0.25) is 0 Å². The highest BCUT2D eigenvalue weighted by atomic mass is 35.5. The smallest absolute Gasteiger partial charge is 0.264 e. The van der Waals surface area contributed by atoms with Gasteiger partial charge in [-0.2, -0.15) is 0 Å². The Morgan fingerprint density at radius 2 is 1.66 bits per heavy atom. The van der Waals surface area contributed by atoms with Crippen molar-refractivity contribution in [3.8, 4) is 11.4 Å². The number of benzene rings is 4. The lowest BCUT2D eigenvalue weighted by Crippen LogP contribution is -2.13. The zero-order valence-electron chi connectivity index (χ0n) is 15.1. The lowest BCUT2D eigenvalue weighted by molar-refractivity contribution is 0.0966. The second kappa shape index (κ2) is 6.83. The summed E-state index contributed by atoms with van der Waals surface area (Å²) >= 11 is 6.16. The SMILES string of the molecule is O=C(c1ccc(F)cc1)n1c(-c2cccc3ccccc23)nc2cc(Cl)ccc21. The Labute approximate surface area is 171 Å². The summed E-state index contributed by atoms with van der Waals surface area (Å²) in [5, 5.41) is 2.58. The number of hydrogen-bond donors (Lipinski definition) is 0. The van der Waals surface area contributed by atoms with E-state index in [1.54, 1.807) is 22.8 Å². The summed E-state index contributed by atoms with van der Waals surface area (Å²) in [6.45, 7) is 0. The van der Waals surface area contributed by atoms with E-state index >= 15 is 0 Å². The Bertz CT molecular complexity index is 1380. The number of halogens is 2. The molecule has 3 nitrogen and oxygen atoms in total. The summed E-state index contributed by atoms with van der Waals surface area (Å²) in [7, 11) is 0. The van der Waals surface area contributed by atoms with Crippen molar-refractivity contribution < 1.29 is 9.18 Å². The van der Waals surface area contributed by atoms with Crippen molar-refractivity contribution in [3.05, 3.63) is 101 Å². The summed E-state index contributed by atoms with van der Waals surface area (Å²) in [6.07, 6.45) is 0.